The second kappa shape index (κ2) is 22.9. The van der Waals surface area contributed by atoms with Crippen molar-refractivity contribution in [3.05, 3.63) is 77.1 Å². The van der Waals surface area contributed by atoms with Gasteiger partial charge in [-0.25, -0.2) is 22.9 Å². The number of likely N-dealkylation sites (tertiary alicyclic amines) is 1. The smallest absolute Gasteiger partial charge is 0.329 e. The van der Waals surface area contributed by atoms with Gasteiger partial charge in [-0.2, -0.15) is 10.4 Å². The van der Waals surface area contributed by atoms with Crippen LogP contribution in [0.4, 0.5) is 25.1 Å². The number of aromatic nitrogens is 4. The number of nitrogens with zero attached hydrogens (tertiary/aromatic N) is 8. The molecule has 3 fully saturated rings. The van der Waals surface area contributed by atoms with Crippen LogP contribution in [-0.2, 0) is 16.6 Å². The Morgan fingerprint density at radius 2 is 1.77 bits per heavy atom. The lowest BCUT2D eigenvalue weighted by Crippen LogP contribution is -2.48. The van der Waals surface area contributed by atoms with Crippen molar-refractivity contribution < 1.29 is 27.8 Å². The summed E-state index contributed by atoms with van der Waals surface area (Å²) in [5.74, 6) is -0.245. The summed E-state index contributed by atoms with van der Waals surface area (Å²) in [6, 6.07) is 13.3. The largest absolute Gasteiger partial charge is 0.453 e. The molecule has 8 rings (SSSR count). The topological polar surface area (TPSA) is 154 Å². The molecule has 2 aliphatic heterocycles. The summed E-state index contributed by atoms with van der Waals surface area (Å²) in [6.45, 7) is 15.5. The summed E-state index contributed by atoms with van der Waals surface area (Å²) in [6.07, 6.45) is 9.21. The molecule has 1 spiro atoms. The molecule has 3 amide bonds. The Morgan fingerprint density at radius 1 is 1.03 bits per heavy atom. The zero-order valence-corrected chi connectivity index (χ0v) is 40.3. The van der Waals surface area contributed by atoms with E-state index in [1.165, 1.54) is 35.2 Å². The summed E-state index contributed by atoms with van der Waals surface area (Å²) in [5, 5.41) is 17.2. The van der Waals surface area contributed by atoms with E-state index in [0.717, 1.165) is 75.8 Å². The van der Waals surface area contributed by atoms with Crippen molar-refractivity contribution in [3.8, 4) is 17.6 Å². The first-order chi connectivity index (χ1) is 32.0. The number of nitrogens with one attached hydrogen (secondary N) is 2. The number of amides is 3. The lowest BCUT2D eigenvalue weighted by atomic mass is 9.79. The molecule has 1 saturated carbocycles. The number of rotatable bonds is 13. The summed E-state index contributed by atoms with van der Waals surface area (Å²) in [5.41, 5.74) is 3.86. The van der Waals surface area contributed by atoms with Gasteiger partial charge in [0, 0.05) is 75.0 Å². The minimum absolute atomic E-state index is 0.0702. The monoisotopic (exact) mass is 926 g/mol. The zero-order valence-electron chi connectivity index (χ0n) is 39.5. The number of urea groups is 1. The fourth-order valence-corrected chi connectivity index (χ4v) is 9.86. The van der Waals surface area contributed by atoms with E-state index in [1.807, 2.05) is 65.2 Å². The van der Waals surface area contributed by atoms with E-state index in [1.54, 1.807) is 29.9 Å². The van der Waals surface area contributed by atoms with E-state index in [0.29, 0.717) is 71.3 Å². The molecule has 1 unspecified atom stereocenters. The van der Waals surface area contributed by atoms with Crippen LogP contribution in [0.2, 0.25) is 0 Å². The molecule has 0 radical (unpaired) electrons. The number of benzene rings is 3. The number of piperidine rings is 1. The van der Waals surface area contributed by atoms with E-state index in [9.17, 15) is 14.9 Å². The van der Waals surface area contributed by atoms with E-state index < -0.39 is 11.8 Å². The predicted molar refractivity (Wildman–Crippen MR) is 258 cm³/mol. The summed E-state index contributed by atoms with van der Waals surface area (Å²) in [7, 11) is 3.70. The molecular weight excluding hydrogens is 863 g/mol. The highest BCUT2D eigenvalue weighted by Crippen LogP contribution is 2.45. The van der Waals surface area contributed by atoms with Crippen LogP contribution in [0.25, 0.3) is 21.9 Å². The second-order valence-electron chi connectivity index (χ2n) is 16.6. The second-order valence-corrected chi connectivity index (χ2v) is 17.6. The van der Waals surface area contributed by atoms with Crippen LogP contribution in [0, 0.1) is 23.0 Å². The number of fused-ring (bicyclic) bond motifs is 2. The number of aryl methyl sites for hydroxylation is 1. The maximum absolute atomic E-state index is 15.9. The van der Waals surface area contributed by atoms with Crippen molar-refractivity contribution in [1.82, 2.24) is 34.3 Å². The van der Waals surface area contributed by atoms with Gasteiger partial charge in [-0.1, -0.05) is 41.5 Å². The number of nitriles is 1. The Kier molecular flexibility index (Phi) is 17.3. The normalized spacial score (nSPS) is 19.1. The molecule has 0 bridgehead atoms. The van der Waals surface area contributed by atoms with Gasteiger partial charge >= 0.3 is 6.03 Å². The van der Waals surface area contributed by atoms with Crippen LogP contribution in [0.1, 0.15) is 122 Å². The minimum Gasteiger partial charge on any atom is -0.453 e. The van der Waals surface area contributed by atoms with Crippen molar-refractivity contribution >= 4 is 58.0 Å². The number of hydrogen-bond donors (Lipinski definition) is 2. The number of halogens is 2. The number of carbonyl (C=O) groups excluding carboxylic acids is 2. The Hall–Kier alpha value is -5.41. The van der Waals surface area contributed by atoms with Crippen molar-refractivity contribution in [2.75, 3.05) is 49.5 Å². The van der Waals surface area contributed by atoms with Gasteiger partial charge < -0.3 is 19.1 Å². The molecule has 3 aliphatic rings. The van der Waals surface area contributed by atoms with E-state index >= 15 is 8.78 Å². The molecule has 66 heavy (non-hydrogen) atoms. The van der Waals surface area contributed by atoms with Gasteiger partial charge in [0.1, 0.15) is 23.2 Å². The minimum atomic E-state index is -0.639. The quantitative estimate of drug-likeness (QED) is 0.0853. The van der Waals surface area contributed by atoms with Gasteiger partial charge in [-0.15, -0.1) is 0 Å². The predicted octanol–water partition coefficient (Wildman–Crippen LogP) is 10.6. The first-order valence-electron chi connectivity index (χ1n) is 23.4. The van der Waals surface area contributed by atoms with Crippen LogP contribution in [0.3, 0.4) is 0 Å². The van der Waals surface area contributed by atoms with Gasteiger partial charge in [-0.3, -0.25) is 24.7 Å². The third kappa shape index (κ3) is 10.9. The first-order valence-corrected chi connectivity index (χ1v) is 24.2. The number of hydrogen-bond acceptors (Lipinski definition) is 12. The summed E-state index contributed by atoms with van der Waals surface area (Å²) < 4.78 is 50.3. The molecule has 5 aromatic rings. The Morgan fingerprint density at radius 3 is 2.45 bits per heavy atom. The highest BCUT2D eigenvalue weighted by molar-refractivity contribution is 7.98. The van der Waals surface area contributed by atoms with Crippen LogP contribution in [0.5, 0.6) is 11.5 Å². The fourth-order valence-electron chi connectivity index (χ4n) is 9.30. The fraction of sp³-hybridized carbons (Fsp3) is 0.510. The van der Waals surface area contributed by atoms with Gasteiger partial charge in [0.05, 0.1) is 40.1 Å². The van der Waals surface area contributed by atoms with E-state index in [4.69, 9.17) is 19.4 Å². The van der Waals surface area contributed by atoms with E-state index in [2.05, 4.69) is 26.1 Å². The molecule has 3 aromatic carbocycles. The van der Waals surface area contributed by atoms with Crippen molar-refractivity contribution in [2.24, 2.45) is 7.05 Å². The highest BCUT2D eigenvalue weighted by Gasteiger charge is 2.45. The van der Waals surface area contributed by atoms with Crippen LogP contribution >= 0.6 is 12.1 Å². The Labute approximate surface area is 391 Å². The number of imide groups is 1. The number of anilines is 2. The average molecular weight is 927 g/mol. The van der Waals surface area contributed by atoms with Crippen molar-refractivity contribution in [1.29, 1.82) is 5.26 Å². The molecule has 2 saturated heterocycles. The third-order valence-electron chi connectivity index (χ3n) is 12.8. The molecule has 1 aliphatic carbocycles. The maximum Gasteiger partial charge on any atom is 0.329 e. The molecule has 2 aromatic heterocycles. The van der Waals surface area contributed by atoms with Gasteiger partial charge in [0.2, 0.25) is 6.41 Å². The molecule has 14 nitrogen and oxygen atoms in total. The molecule has 2 N–H and O–H groups in total. The Balaban J connectivity index is 0.00000175. The standard InChI is InChI=1S/C45H52F2N10O4S.2C2H6/c1-5-17-57(44(59)50-27-58)43-33-21-36(47)32(22-41(33)55(4)52-43)28-7-9-30(10-8-28)56-18-15-45(16-19-56)23-29(26-60-45)40-25-49-38-13-11-31(20-39(38)51-40)61-42-34(24-48)37(14-12-35(42)46)53-62-54(3)6-2;2*1-2/h11-14,20-22,25,27-30,53H,5-10,15-19,23,26H2,1-4H3,(H,50,58,59);2*1-2H3. The van der Waals surface area contributed by atoms with Crippen LogP contribution in [0.15, 0.2) is 48.7 Å². The van der Waals surface area contributed by atoms with Gasteiger partial charge in [-0.05, 0) is 106 Å². The third-order valence-corrected chi connectivity index (χ3v) is 13.7. The van der Waals surface area contributed by atoms with E-state index in [-0.39, 0.29) is 34.6 Å². The SMILES string of the molecule is CC.CC.CCCN(C(=O)NC=O)c1nn(C)c2cc(C3CCC(N4CCC5(CC4)CC(c4cnc6ccc(Oc7c(F)ccc(NSN(C)CC)c7C#N)cc6n4)CO5)CC3)c(F)cc12. The molecule has 17 heteroatoms. The van der Waals surface area contributed by atoms with Gasteiger partial charge in [0.15, 0.2) is 17.4 Å². The van der Waals surface area contributed by atoms with Crippen molar-refractivity contribution in [2.45, 2.75) is 116 Å². The lowest BCUT2D eigenvalue weighted by molar-refractivity contribution is -0.108. The Bertz CT molecular complexity index is 2500. The molecule has 354 valence electrons. The summed E-state index contributed by atoms with van der Waals surface area (Å²) in [4.78, 5) is 37.3. The molecular formula is C49H64F2N10O4S. The summed E-state index contributed by atoms with van der Waals surface area (Å²) >= 11 is 1.31. The number of ether oxygens (including phenoxy) is 2. The molecule has 1 atom stereocenters. The average Bonchev–Trinajstić information content (AvgIpc) is 3.91. The first kappa shape index (κ1) is 50.0. The zero-order chi connectivity index (χ0) is 47.5. The van der Waals surface area contributed by atoms with Crippen molar-refractivity contribution in [3.63, 3.8) is 0 Å². The molecule has 4 heterocycles. The number of carbonyl (C=O) groups is 2. The van der Waals surface area contributed by atoms with Crippen LogP contribution < -0.4 is 19.7 Å². The van der Waals surface area contributed by atoms with Crippen LogP contribution in [-0.4, -0.2) is 92.9 Å². The lowest BCUT2D eigenvalue weighted by Gasteiger charge is -2.44. The maximum atomic E-state index is 15.9. The highest BCUT2D eigenvalue weighted by atomic mass is 32.2. The van der Waals surface area contributed by atoms with Gasteiger partial charge in [0.25, 0.3) is 0 Å².